The number of pyridine rings is 2. The quantitative estimate of drug-likeness (QED) is 0.537. The highest BCUT2D eigenvalue weighted by molar-refractivity contribution is 5.69. The van der Waals surface area contributed by atoms with Crippen molar-refractivity contribution >= 4 is 17.3 Å². The first-order valence-corrected chi connectivity index (χ1v) is 8.42. The lowest BCUT2D eigenvalue weighted by molar-refractivity contribution is 0.425. The SMILES string of the molecule is Nc1ncccc1-c1cc(Cc2cnc(Nc3ccccc3F)c(F)c2)no1. The number of halogens is 2. The maximum Gasteiger partial charge on any atom is 0.170 e. The molecule has 0 aliphatic carbocycles. The number of hydrogen-bond acceptors (Lipinski definition) is 6. The molecular weight excluding hydrogens is 364 g/mol. The average molecular weight is 379 g/mol. The number of nitrogens with two attached hydrogens (primary N) is 1. The first kappa shape index (κ1) is 17.6. The van der Waals surface area contributed by atoms with E-state index < -0.39 is 11.6 Å². The van der Waals surface area contributed by atoms with Crippen molar-refractivity contribution in [2.75, 3.05) is 11.1 Å². The molecule has 0 aliphatic heterocycles. The van der Waals surface area contributed by atoms with Crippen LogP contribution in [0.2, 0.25) is 0 Å². The van der Waals surface area contributed by atoms with Crippen molar-refractivity contribution in [1.29, 1.82) is 0 Å². The van der Waals surface area contributed by atoms with Crippen LogP contribution < -0.4 is 11.1 Å². The molecule has 0 saturated heterocycles. The molecule has 140 valence electrons. The zero-order chi connectivity index (χ0) is 19.5. The Balaban J connectivity index is 1.51. The number of rotatable bonds is 5. The van der Waals surface area contributed by atoms with Gasteiger partial charge in [0.1, 0.15) is 11.6 Å². The van der Waals surface area contributed by atoms with Crippen LogP contribution in [0.4, 0.5) is 26.1 Å². The number of nitrogens with one attached hydrogen (secondary N) is 1. The Hall–Kier alpha value is -3.81. The van der Waals surface area contributed by atoms with Gasteiger partial charge in [-0.3, -0.25) is 0 Å². The Morgan fingerprint density at radius 2 is 1.86 bits per heavy atom. The van der Waals surface area contributed by atoms with Crippen LogP contribution >= 0.6 is 0 Å². The van der Waals surface area contributed by atoms with Crippen molar-refractivity contribution < 1.29 is 13.3 Å². The summed E-state index contributed by atoms with van der Waals surface area (Å²) in [5, 5.41) is 6.63. The van der Waals surface area contributed by atoms with Crippen molar-refractivity contribution in [2.24, 2.45) is 0 Å². The highest BCUT2D eigenvalue weighted by Crippen LogP contribution is 2.26. The molecule has 0 spiro atoms. The fourth-order valence-electron chi connectivity index (χ4n) is 2.71. The molecule has 3 N–H and O–H groups in total. The molecule has 8 heteroatoms. The molecule has 0 bridgehead atoms. The summed E-state index contributed by atoms with van der Waals surface area (Å²) in [7, 11) is 0. The van der Waals surface area contributed by atoms with Crippen molar-refractivity contribution in [1.82, 2.24) is 15.1 Å². The van der Waals surface area contributed by atoms with Crippen LogP contribution in [-0.4, -0.2) is 15.1 Å². The number of para-hydroxylation sites is 1. The average Bonchev–Trinajstić information content (AvgIpc) is 3.14. The van der Waals surface area contributed by atoms with E-state index >= 15 is 0 Å². The normalized spacial score (nSPS) is 10.8. The van der Waals surface area contributed by atoms with Gasteiger partial charge in [0, 0.05) is 24.9 Å². The second-order valence-corrected chi connectivity index (χ2v) is 6.07. The molecule has 0 saturated carbocycles. The van der Waals surface area contributed by atoms with Gasteiger partial charge in [-0.25, -0.2) is 18.7 Å². The van der Waals surface area contributed by atoms with Gasteiger partial charge in [0.05, 0.1) is 16.9 Å². The minimum Gasteiger partial charge on any atom is -0.383 e. The van der Waals surface area contributed by atoms with Gasteiger partial charge in [-0.1, -0.05) is 17.3 Å². The largest absolute Gasteiger partial charge is 0.383 e. The summed E-state index contributed by atoms with van der Waals surface area (Å²) in [5.41, 5.74) is 7.80. The highest BCUT2D eigenvalue weighted by atomic mass is 19.1. The van der Waals surface area contributed by atoms with E-state index in [1.807, 2.05) is 0 Å². The monoisotopic (exact) mass is 379 g/mol. The molecule has 0 unspecified atom stereocenters. The molecule has 0 amide bonds. The molecule has 4 rings (SSSR count). The van der Waals surface area contributed by atoms with Crippen LogP contribution in [0.3, 0.4) is 0 Å². The lowest BCUT2D eigenvalue weighted by Gasteiger charge is -2.08. The minimum absolute atomic E-state index is 0.0576. The molecule has 3 aromatic heterocycles. The molecule has 0 atom stereocenters. The molecule has 3 heterocycles. The summed E-state index contributed by atoms with van der Waals surface area (Å²) >= 11 is 0. The summed E-state index contributed by atoms with van der Waals surface area (Å²) in [6.45, 7) is 0. The lowest BCUT2D eigenvalue weighted by atomic mass is 10.1. The number of benzene rings is 1. The molecule has 4 aromatic rings. The first-order valence-electron chi connectivity index (χ1n) is 8.42. The minimum atomic E-state index is -0.596. The van der Waals surface area contributed by atoms with Gasteiger partial charge in [-0.05, 0) is 35.9 Å². The molecule has 1 aromatic carbocycles. The van der Waals surface area contributed by atoms with Gasteiger partial charge in [-0.15, -0.1) is 0 Å². The first-order chi connectivity index (χ1) is 13.6. The Labute approximate surface area is 159 Å². The summed E-state index contributed by atoms with van der Waals surface area (Å²) in [4.78, 5) is 8.06. The molecule has 6 nitrogen and oxygen atoms in total. The van der Waals surface area contributed by atoms with Gasteiger partial charge in [0.25, 0.3) is 0 Å². The van der Waals surface area contributed by atoms with E-state index in [-0.39, 0.29) is 11.5 Å². The maximum atomic E-state index is 14.4. The molecule has 28 heavy (non-hydrogen) atoms. The molecular formula is C20H15F2N5O. The number of hydrogen-bond donors (Lipinski definition) is 2. The maximum absolute atomic E-state index is 14.4. The highest BCUT2D eigenvalue weighted by Gasteiger charge is 2.13. The van der Waals surface area contributed by atoms with Gasteiger partial charge in [0.15, 0.2) is 17.4 Å². The number of anilines is 3. The van der Waals surface area contributed by atoms with E-state index in [9.17, 15) is 8.78 Å². The standard InChI is InChI=1S/C20H15F2N5O/c21-15-5-1-2-6-17(15)26-20-16(22)9-12(11-25-20)8-13-10-18(28-27-13)14-4-3-7-24-19(14)23/h1-7,9-11H,8H2,(H2,23,24)(H,25,26). The second kappa shape index (κ2) is 7.43. The smallest absolute Gasteiger partial charge is 0.170 e. The number of aromatic nitrogens is 3. The summed E-state index contributed by atoms with van der Waals surface area (Å²) in [5.74, 6) is -0.329. The van der Waals surface area contributed by atoms with E-state index in [2.05, 4.69) is 20.4 Å². The fraction of sp³-hybridized carbons (Fsp3) is 0.0500. The van der Waals surface area contributed by atoms with Crippen molar-refractivity contribution in [3.63, 3.8) is 0 Å². The Bertz CT molecular complexity index is 1130. The van der Waals surface area contributed by atoms with Crippen molar-refractivity contribution in [2.45, 2.75) is 6.42 Å². The van der Waals surface area contributed by atoms with Gasteiger partial charge in [-0.2, -0.15) is 0 Å². The second-order valence-electron chi connectivity index (χ2n) is 6.07. The van der Waals surface area contributed by atoms with Crippen LogP contribution in [0.1, 0.15) is 11.3 Å². The predicted molar refractivity (Wildman–Crippen MR) is 101 cm³/mol. The van der Waals surface area contributed by atoms with E-state index in [4.69, 9.17) is 10.3 Å². The molecule has 0 aliphatic rings. The fourth-order valence-corrected chi connectivity index (χ4v) is 2.71. The van der Waals surface area contributed by atoms with E-state index in [0.717, 1.165) is 0 Å². The van der Waals surface area contributed by atoms with Crippen molar-refractivity contribution in [3.05, 3.63) is 83.8 Å². The van der Waals surface area contributed by atoms with Crippen molar-refractivity contribution in [3.8, 4) is 11.3 Å². The molecule has 0 fully saturated rings. The van der Waals surface area contributed by atoms with Crippen LogP contribution in [0.25, 0.3) is 11.3 Å². The third-order valence-corrected chi connectivity index (χ3v) is 4.07. The third kappa shape index (κ3) is 3.66. The Morgan fingerprint density at radius 1 is 1.00 bits per heavy atom. The number of nitrogens with zero attached hydrogens (tertiary/aromatic N) is 3. The van der Waals surface area contributed by atoms with Crippen LogP contribution in [-0.2, 0) is 6.42 Å². The summed E-state index contributed by atoms with van der Waals surface area (Å²) < 4.78 is 33.4. The summed E-state index contributed by atoms with van der Waals surface area (Å²) in [6, 6.07) is 12.6. The third-order valence-electron chi connectivity index (χ3n) is 4.07. The molecule has 0 radical (unpaired) electrons. The topological polar surface area (TPSA) is 89.9 Å². The van der Waals surface area contributed by atoms with Crippen LogP contribution in [0.15, 0.2) is 65.4 Å². The lowest BCUT2D eigenvalue weighted by Crippen LogP contribution is -2.01. The Morgan fingerprint density at radius 3 is 2.64 bits per heavy atom. The summed E-state index contributed by atoms with van der Waals surface area (Å²) in [6.07, 6.45) is 3.40. The van der Waals surface area contributed by atoms with Crippen LogP contribution in [0, 0.1) is 11.6 Å². The van der Waals surface area contributed by atoms with Gasteiger partial charge in [0.2, 0.25) is 0 Å². The Kier molecular flexibility index (Phi) is 4.67. The van der Waals surface area contributed by atoms with E-state index in [0.29, 0.717) is 34.8 Å². The zero-order valence-electron chi connectivity index (χ0n) is 14.6. The number of nitrogen functional groups attached to an aromatic ring is 1. The zero-order valence-corrected chi connectivity index (χ0v) is 14.6. The van der Waals surface area contributed by atoms with E-state index in [1.165, 1.54) is 24.4 Å². The van der Waals surface area contributed by atoms with Gasteiger partial charge >= 0.3 is 0 Å². The van der Waals surface area contributed by atoms with Crippen LogP contribution in [0.5, 0.6) is 0 Å². The predicted octanol–water partition coefficient (Wildman–Crippen LogP) is 4.33. The van der Waals surface area contributed by atoms with Gasteiger partial charge < -0.3 is 15.6 Å². The van der Waals surface area contributed by atoms with E-state index in [1.54, 1.807) is 36.5 Å².